The van der Waals surface area contributed by atoms with Crippen molar-refractivity contribution in [2.75, 3.05) is 37.9 Å². The molecule has 0 aliphatic heterocycles. The number of hydrogen-bond acceptors (Lipinski definition) is 8. The molecule has 0 saturated carbocycles. The molecule has 4 unspecified atom stereocenters. The molecule has 4 rings (SSSR count). The standard InChI is InChI=1S/C39H50N2O6/c1-27(42-25-29(3)46-37-19-11-33(40)12-20-37)23-44-35-15-7-31(8-16-35)39(5,6)32-9-17-36(18-10-32)45-24-28(2)43-26-30(4)47-38-21-13-34(41)14-22-38/h7-22,27-30H,23-26,40-41H2,1-6H3. The molecule has 252 valence electrons. The van der Waals surface area contributed by atoms with E-state index in [-0.39, 0.29) is 29.8 Å². The van der Waals surface area contributed by atoms with Crippen molar-refractivity contribution in [3.8, 4) is 23.0 Å². The van der Waals surface area contributed by atoms with Gasteiger partial charge in [0.1, 0.15) is 48.4 Å². The minimum Gasteiger partial charge on any atom is -0.491 e. The van der Waals surface area contributed by atoms with Gasteiger partial charge < -0.3 is 39.9 Å². The van der Waals surface area contributed by atoms with Crippen molar-refractivity contribution in [3.05, 3.63) is 108 Å². The zero-order chi connectivity index (χ0) is 33.8. The molecule has 0 amide bonds. The van der Waals surface area contributed by atoms with E-state index in [2.05, 4.69) is 38.1 Å². The van der Waals surface area contributed by atoms with Gasteiger partial charge in [0.2, 0.25) is 0 Å². The molecule has 0 radical (unpaired) electrons. The van der Waals surface area contributed by atoms with Crippen LogP contribution in [0.4, 0.5) is 11.4 Å². The van der Waals surface area contributed by atoms with Crippen LogP contribution >= 0.6 is 0 Å². The maximum atomic E-state index is 6.01. The lowest BCUT2D eigenvalue weighted by Crippen LogP contribution is -2.26. The molecule has 0 aliphatic rings. The first kappa shape index (κ1) is 35.5. The summed E-state index contributed by atoms with van der Waals surface area (Å²) in [6.07, 6.45) is -0.363. The zero-order valence-corrected chi connectivity index (χ0v) is 28.5. The third-order valence-electron chi connectivity index (χ3n) is 7.79. The smallest absolute Gasteiger partial charge is 0.119 e. The number of ether oxygens (including phenoxy) is 6. The van der Waals surface area contributed by atoms with Gasteiger partial charge in [-0.15, -0.1) is 0 Å². The van der Waals surface area contributed by atoms with Crippen LogP contribution in [0.3, 0.4) is 0 Å². The Morgan fingerprint density at radius 1 is 0.447 bits per heavy atom. The van der Waals surface area contributed by atoms with Gasteiger partial charge in [0.05, 0.1) is 25.4 Å². The zero-order valence-electron chi connectivity index (χ0n) is 28.5. The van der Waals surface area contributed by atoms with E-state index >= 15 is 0 Å². The van der Waals surface area contributed by atoms with Gasteiger partial charge >= 0.3 is 0 Å². The lowest BCUT2D eigenvalue weighted by atomic mass is 9.78. The molecule has 8 heteroatoms. The molecule has 4 aromatic rings. The van der Waals surface area contributed by atoms with Gasteiger partial charge in [-0.1, -0.05) is 38.1 Å². The van der Waals surface area contributed by atoms with Gasteiger partial charge in [0.15, 0.2) is 0 Å². The Morgan fingerprint density at radius 2 is 0.766 bits per heavy atom. The molecule has 0 aromatic heterocycles. The summed E-state index contributed by atoms with van der Waals surface area (Å²) in [5.41, 5.74) is 15.1. The van der Waals surface area contributed by atoms with Gasteiger partial charge in [-0.25, -0.2) is 0 Å². The Hall–Kier alpha value is -4.40. The highest BCUT2D eigenvalue weighted by atomic mass is 16.6. The second-order valence-electron chi connectivity index (χ2n) is 12.6. The summed E-state index contributed by atoms with van der Waals surface area (Å²) < 4.78 is 35.7. The normalized spacial score (nSPS) is 14.1. The number of benzene rings is 4. The molecule has 4 N–H and O–H groups in total. The first-order valence-corrected chi connectivity index (χ1v) is 16.2. The van der Waals surface area contributed by atoms with Crippen molar-refractivity contribution >= 4 is 11.4 Å². The lowest BCUT2D eigenvalue weighted by molar-refractivity contribution is -0.00605. The summed E-state index contributed by atoms with van der Waals surface area (Å²) in [5, 5.41) is 0. The van der Waals surface area contributed by atoms with Crippen LogP contribution in [0.25, 0.3) is 0 Å². The molecule has 47 heavy (non-hydrogen) atoms. The average Bonchev–Trinajstić information content (AvgIpc) is 3.07. The van der Waals surface area contributed by atoms with Crippen LogP contribution in [0.2, 0.25) is 0 Å². The van der Waals surface area contributed by atoms with Crippen LogP contribution in [0.15, 0.2) is 97.1 Å². The van der Waals surface area contributed by atoms with Gasteiger partial charge in [-0.2, -0.15) is 0 Å². The minimum absolute atomic E-state index is 0.0863. The lowest BCUT2D eigenvalue weighted by Gasteiger charge is -2.27. The molecule has 0 aliphatic carbocycles. The first-order valence-electron chi connectivity index (χ1n) is 16.2. The molecule has 0 bridgehead atoms. The van der Waals surface area contributed by atoms with E-state index in [9.17, 15) is 0 Å². The number of hydrogen-bond donors (Lipinski definition) is 2. The summed E-state index contributed by atoms with van der Waals surface area (Å²) in [6, 6.07) is 31.2. The van der Waals surface area contributed by atoms with Crippen LogP contribution in [-0.2, 0) is 14.9 Å². The van der Waals surface area contributed by atoms with Crippen molar-refractivity contribution in [2.24, 2.45) is 0 Å². The molecule has 4 atom stereocenters. The van der Waals surface area contributed by atoms with E-state index in [0.29, 0.717) is 37.8 Å². The van der Waals surface area contributed by atoms with Crippen molar-refractivity contribution in [3.63, 3.8) is 0 Å². The van der Waals surface area contributed by atoms with Crippen molar-refractivity contribution in [1.82, 2.24) is 0 Å². The second-order valence-corrected chi connectivity index (χ2v) is 12.6. The monoisotopic (exact) mass is 642 g/mol. The maximum absolute atomic E-state index is 6.01. The van der Waals surface area contributed by atoms with Crippen LogP contribution in [-0.4, -0.2) is 50.8 Å². The van der Waals surface area contributed by atoms with Gasteiger partial charge in [0.25, 0.3) is 0 Å². The van der Waals surface area contributed by atoms with E-state index in [1.807, 2.05) is 100 Å². The van der Waals surface area contributed by atoms with Crippen molar-refractivity contribution in [2.45, 2.75) is 71.4 Å². The Kier molecular flexibility index (Phi) is 12.8. The third kappa shape index (κ3) is 11.4. The van der Waals surface area contributed by atoms with Gasteiger partial charge in [-0.05, 0) is 112 Å². The molecular weight excluding hydrogens is 592 g/mol. The number of rotatable bonds is 18. The SMILES string of the molecule is CC(COc1ccc(C(C)(C)c2ccc(OCC(C)OCC(C)Oc3ccc(N)cc3)cc2)cc1)OCC(C)Oc1ccc(N)cc1. The Labute approximate surface area is 279 Å². The predicted molar refractivity (Wildman–Crippen MR) is 189 cm³/mol. The van der Waals surface area contributed by atoms with E-state index < -0.39 is 0 Å². The topological polar surface area (TPSA) is 107 Å². The van der Waals surface area contributed by atoms with Crippen molar-refractivity contribution < 1.29 is 28.4 Å². The summed E-state index contributed by atoms with van der Waals surface area (Å²) >= 11 is 0. The van der Waals surface area contributed by atoms with Gasteiger partial charge in [-0.3, -0.25) is 0 Å². The maximum Gasteiger partial charge on any atom is 0.119 e. The van der Waals surface area contributed by atoms with Crippen LogP contribution in [0.5, 0.6) is 23.0 Å². The molecular formula is C39H50N2O6. The Bertz CT molecular complexity index is 1360. The number of nitrogens with two attached hydrogens (primary N) is 2. The summed E-state index contributed by atoms with van der Waals surface area (Å²) in [4.78, 5) is 0. The van der Waals surface area contributed by atoms with E-state index in [4.69, 9.17) is 39.9 Å². The van der Waals surface area contributed by atoms with Gasteiger partial charge in [0, 0.05) is 16.8 Å². The highest BCUT2D eigenvalue weighted by molar-refractivity contribution is 5.43. The molecule has 4 aromatic carbocycles. The fourth-order valence-electron chi connectivity index (χ4n) is 4.85. The summed E-state index contributed by atoms with van der Waals surface area (Å²) in [7, 11) is 0. The number of nitrogen functional groups attached to an aromatic ring is 2. The minimum atomic E-state index is -0.203. The van der Waals surface area contributed by atoms with Crippen LogP contribution < -0.4 is 30.4 Å². The fourth-order valence-corrected chi connectivity index (χ4v) is 4.85. The average molecular weight is 643 g/mol. The van der Waals surface area contributed by atoms with Crippen LogP contribution in [0.1, 0.15) is 52.7 Å². The molecule has 0 saturated heterocycles. The predicted octanol–water partition coefficient (Wildman–Crippen LogP) is 7.68. The van der Waals surface area contributed by atoms with E-state index in [1.54, 1.807) is 0 Å². The van der Waals surface area contributed by atoms with E-state index in [1.165, 1.54) is 11.1 Å². The third-order valence-corrected chi connectivity index (χ3v) is 7.79. The summed E-state index contributed by atoms with van der Waals surface area (Å²) in [6.45, 7) is 14.2. The molecule has 8 nitrogen and oxygen atoms in total. The Morgan fingerprint density at radius 3 is 1.11 bits per heavy atom. The molecule has 0 spiro atoms. The summed E-state index contributed by atoms with van der Waals surface area (Å²) in [5.74, 6) is 3.15. The second kappa shape index (κ2) is 17.0. The Balaban J connectivity index is 1.17. The van der Waals surface area contributed by atoms with Crippen molar-refractivity contribution in [1.29, 1.82) is 0 Å². The number of anilines is 2. The highest BCUT2D eigenvalue weighted by Crippen LogP contribution is 2.33. The highest BCUT2D eigenvalue weighted by Gasteiger charge is 2.23. The quantitative estimate of drug-likeness (QED) is 0.106. The largest absolute Gasteiger partial charge is 0.491 e. The first-order chi connectivity index (χ1) is 22.5. The molecule has 0 fully saturated rings. The molecule has 0 heterocycles. The van der Waals surface area contributed by atoms with Crippen LogP contribution in [0, 0.1) is 0 Å². The van der Waals surface area contributed by atoms with E-state index in [0.717, 1.165) is 23.0 Å². The fraction of sp³-hybridized carbons (Fsp3) is 0.385.